The van der Waals surface area contributed by atoms with Gasteiger partial charge in [-0.1, -0.05) is 15.9 Å². The first kappa shape index (κ1) is 9.03. The first-order valence-corrected chi connectivity index (χ1v) is 5.16. The number of fused-ring (bicyclic) bond motifs is 1. The van der Waals surface area contributed by atoms with Gasteiger partial charge in [-0.2, -0.15) is 0 Å². The molecule has 2 rings (SSSR count). The highest BCUT2D eigenvalue weighted by molar-refractivity contribution is 9.10. The van der Waals surface area contributed by atoms with Crippen LogP contribution in [0.25, 0.3) is 0 Å². The average molecular weight is 242 g/mol. The van der Waals surface area contributed by atoms with Crippen LogP contribution in [0.2, 0.25) is 0 Å². The molecule has 1 heterocycles. The van der Waals surface area contributed by atoms with Crippen LogP contribution in [0.1, 0.15) is 11.1 Å². The molecule has 0 amide bonds. The van der Waals surface area contributed by atoms with Crippen molar-refractivity contribution < 1.29 is 4.74 Å². The number of rotatable bonds is 1. The maximum atomic E-state index is 5.21. The van der Waals surface area contributed by atoms with Crippen molar-refractivity contribution >= 4 is 15.9 Å². The lowest BCUT2D eigenvalue weighted by Crippen LogP contribution is -2.23. The Bertz CT molecular complexity index is 325. The van der Waals surface area contributed by atoms with Gasteiger partial charge in [0.2, 0.25) is 0 Å². The van der Waals surface area contributed by atoms with Crippen molar-refractivity contribution in [2.45, 2.75) is 13.0 Å². The molecule has 1 aromatic rings. The highest BCUT2D eigenvalue weighted by Crippen LogP contribution is 2.28. The van der Waals surface area contributed by atoms with E-state index in [1.807, 2.05) is 6.07 Å². The Morgan fingerprint density at radius 1 is 1.46 bits per heavy atom. The van der Waals surface area contributed by atoms with Gasteiger partial charge in [0.05, 0.1) is 7.11 Å². The van der Waals surface area contributed by atoms with E-state index in [1.54, 1.807) is 7.11 Å². The normalized spacial score (nSPS) is 15.2. The molecule has 3 heteroatoms. The molecule has 0 spiro atoms. The molecule has 0 unspecified atom stereocenters. The van der Waals surface area contributed by atoms with Crippen molar-refractivity contribution in [1.82, 2.24) is 5.32 Å². The van der Waals surface area contributed by atoms with Gasteiger partial charge >= 0.3 is 0 Å². The van der Waals surface area contributed by atoms with Gasteiger partial charge in [-0.25, -0.2) is 0 Å². The van der Waals surface area contributed by atoms with Gasteiger partial charge < -0.3 is 10.1 Å². The van der Waals surface area contributed by atoms with Gasteiger partial charge in [0.15, 0.2) is 0 Å². The fourth-order valence-corrected chi connectivity index (χ4v) is 2.26. The number of hydrogen-bond acceptors (Lipinski definition) is 2. The molecule has 1 N–H and O–H groups in total. The number of methoxy groups -OCH3 is 1. The Kier molecular flexibility index (Phi) is 2.56. The summed E-state index contributed by atoms with van der Waals surface area (Å²) in [5.74, 6) is 0.938. The van der Waals surface area contributed by atoms with Crippen molar-refractivity contribution in [2.24, 2.45) is 0 Å². The van der Waals surface area contributed by atoms with Gasteiger partial charge in [0, 0.05) is 11.0 Å². The van der Waals surface area contributed by atoms with Crippen LogP contribution in [0.5, 0.6) is 5.75 Å². The lowest BCUT2D eigenvalue weighted by Gasteiger charge is -2.19. The summed E-state index contributed by atoms with van der Waals surface area (Å²) in [4.78, 5) is 0. The van der Waals surface area contributed by atoms with E-state index in [2.05, 4.69) is 27.3 Å². The van der Waals surface area contributed by atoms with Crippen molar-refractivity contribution in [3.63, 3.8) is 0 Å². The number of ether oxygens (including phenoxy) is 1. The minimum absolute atomic E-state index is 0.938. The van der Waals surface area contributed by atoms with E-state index < -0.39 is 0 Å². The predicted octanol–water partition coefficient (Wildman–Crippen LogP) is 2.10. The second-order valence-electron chi connectivity index (χ2n) is 3.17. The van der Waals surface area contributed by atoms with Crippen LogP contribution >= 0.6 is 15.9 Å². The highest BCUT2D eigenvalue weighted by Gasteiger charge is 2.12. The van der Waals surface area contributed by atoms with Crippen LogP contribution in [0.3, 0.4) is 0 Å². The standard InChI is InChI=1S/C10H12BrNO/c1-13-8-4-7-2-3-12-6-9(7)10(11)5-8/h4-5,12H,2-3,6H2,1H3. The van der Waals surface area contributed by atoms with Gasteiger partial charge in [-0.3, -0.25) is 0 Å². The third-order valence-electron chi connectivity index (χ3n) is 2.37. The van der Waals surface area contributed by atoms with Gasteiger partial charge in [-0.05, 0) is 36.2 Å². The smallest absolute Gasteiger partial charge is 0.120 e. The lowest BCUT2D eigenvalue weighted by atomic mass is 10.0. The van der Waals surface area contributed by atoms with Crippen LogP contribution in [0.15, 0.2) is 16.6 Å². The molecule has 1 aliphatic heterocycles. The minimum atomic E-state index is 0.938. The summed E-state index contributed by atoms with van der Waals surface area (Å²) >= 11 is 3.55. The number of halogens is 1. The third-order valence-corrected chi connectivity index (χ3v) is 3.08. The van der Waals surface area contributed by atoms with E-state index >= 15 is 0 Å². The lowest BCUT2D eigenvalue weighted by molar-refractivity contribution is 0.413. The summed E-state index contributed by atoms with van der Waals surface area (Å²) in [5.41, 5.74) is 2.76. The monoisotopic (exact) mass is 241 g/mol. The molecular weight excluding hydrogens is 230 g/mol. The van der Waals surface area contributed by atoms with Crippen LogP contribution in [-0.2, 0) is 13.0 Å². The quantitative estimate of drug-likeness (QED) is 0.814. The topological polar surface area (TPSA) is 21.3 Å². The summed E-state index contributed by atoms with van der Waals surface area (Å²) in [6.45, 7) is 2.02. The molecule has 0 saturated heterocycles. The van der Waals surface area contributed by atoms with Gasteiger partial charge in [-0.15, -0.1) is 0 Å². The van der Waals surface area contributed by atoms with E-state index in [0.29, 0.717) is 0 Å². The Balaban J connectivity index is 2.47. The van der Waals surface area contributed by atoms with Crippen LogP contribution in [-0.4, -0.2) is 13.7 Å². The van der Waals surface area contributed by atoms with Crippen LogP contribution < -0.4 is 10.1 Å². The molecule has 70 valence electrons. The second-order valence-corrected chi connectivity index (χ2v) is 4.03. The molecule has 0 bridgehead atoms. The summed E-state index contributed by atoms with van der Waals surface area (Å²) in [6.07, 6.45) is 1.09. The third kappa shape index (κ3) is 1.71. The summed E-state index contributed by atoms with van der Waals surface area (Å²) in [6, 6.07) is 4.15. The average Bonchev–Trinajstić information content (AvgIpc) is 2.18. The molecule has 1 aliphatic rings. The molecule has 0 atom stereocenters. The summed E-state index contributed by atoms with van der Waals surface area (Å²) in [5, 5.41) is 3.35. The fraction of sp³-hybridized carbons (Fsp3) is 0.400. The highest BCUT2D eigenvalue weighted by atomic mass is 79.9. The second kappa shape index (κ2) is 3.68. The molecule has 0 radical (unpaired) electrons. The zero-order valence-electron chi connectivity index (χ0n) is 7.56. The van der Waals surface area contributed by atoms with E-state index in [-0.39, 0.29) is 0 Å². The molecule has 1 aromatic carbocycles. The Labute approximate surface area is 86.4 Å². The van der Waals surface area contributed by atoms with Gasteiger partial charge in [0.25, 0.3) is 0 Å². The van der Waals surface area contributed by atoms with Crippen LogP contribution in [0, 0.1) is 0 Å². The van der Waals surface area contributed by atoms with Crippen LogP contribution in [0.4, 0.5) is 0 Å². The fourth-order valence-electron chi connectivity index (χ4n) is 1.64. The number of nitrogens with one attached hydrogen (secondary N) is 1. The molecular formula is C10H12BrNO. The summed E-state index contributed by atoms with van der Waals surface area (Å²) < 4.78 is 6.36. The Morgan fingerprint density at radius 2 is 2.31 bits per heavy atom. The largest absolute Gasteiger partial charge is 0.497 e. The molecule has 13 heavy (non-hydrogen) atoms. The minimum Gasteiger partial charge on any atom is -0.497 e. The van der Waals surface area contributed by atoms with E-state index in [4.69, 9.17) is 4.74 Å². The number of benzene rings is 1. The zero-order valence-corrected chi connectivity index (χ0v) is 9.15. The molecule has 0 saturated carbocycles. The van der Waals surface area contributed by atoms with Gasteiger partial charge in [0.1, 0.15) is 5.75 Å². The number of hydrogen-bond donors (Lipinski definition) is 1. The van der Waals surface area contributed by atoms with E-state index in [9.17, 15) is 0 Å². The van der Waals surface area contributed by atoms with Crippen molar-refractivity contribution in [3.8, 4) is 5.75 Å². The Morgan fingerprint density at radius 3 is 3.08 bits per heavy atom. The SMILES string of the molecule is COc1cc(Br)c2c(c1)CCNC2. The van der Waals surface area contributed by atoms with E-state index in [1.165, 1.54) is 11.1 Å². The van der Waals surface area contributed by atoms with Crippen molar-refractivity contribution in [3.05, 3.63) is 27.7 Å². The summed E-state index contributed by atoms with van der Waals surface area (Å²) in [7, 11) is 1.70. The molecule has 0 fully saturated rings. The zero-order chi connectivity index (χ0) is 9.26. The maximum absolute atomic E-state index is 5.21. The van der Waals surface area contributed by atoms with E-state index in [0.717, 1.165) is 29.7 Å². The Hall–Kier alpha value is -0.540. The molecule has 0 aromatic heterocycles. The first-order valence-electron chi connectivity index (χ1n) is 4.37. The maximum Gasteiger partial charge on any atom is 0.120 e. The molecule has 2 nitrogen and oxygen atoms in total. The first-order chi connectivity index (χ1) is 6.31. The molecule has 0 aliphatic carbocycles. The van der Waals surface area contributed by atoms with Crippen molar-refractivity contribution in [1.29, 1.82) is 0 Å². The predicted molar refractivity (Wildman–Crippen MR) is 56.1 cm³/mol. The van der Waals surface area contributed by atoms with Crippen molar-refractivity contribution in [2.75, 3.05) is 13.7 Å².